The van der Waals surface area contributed by atoms with E-state index in [4.69, 9.17) is 12.2 Å². The number of hydrogen-bond donors (Lipinski definition) is 2. The molecule has 3 rings (SSSR count). The average Bonchev–Trinajstić information content (AvgIpc) is 3.14. The second-order valence-corrected chi connectivity index (χ2v) is 6.69. The molecular weight excluding hydrogens is 340 g/mol. The minimum absolute atomic E-state index is 0.586. The topological polar surface area (TPSA) is 41.9 Å². The number of aromatic nitrogens is 2. The molecule has 0 spiro atoms. The summed E-state index contributed by atoms with van der Waals surface area (Å²) in [7, 11) is 0. The summed E-state index contributed by atoms with van der Waals surface area (Å²) < 4.78 is 1.90. The number of aryl methyl sites for hydroxylation is 1. The third-order valence-corrected chi connectivity index (χ3v) is 4.32. The highest BCUT2D eigenvalue weighted by Crippen LogP contribution is 2.15. The number of thiocarbonyl (C=S) groups is 1. The van der Waals surface area contributed by atoms with Crippen molar-refractivity contribution in [2.75, 3.05) is 10.6 Å². The summed E-state index contributed by atoms with van der Waals surface area (Å²) in [4.78, 5) is 0. The second kappa shape index (κ2) is 9.15. The fraction of sp³-hybridized carbons (Fsp3) is 0.238. The van der Waals surface area contributed by atoms with Crippen LogP contribution in [0, 0.1) is 0 Å². The largest absolute Gasteiger partial charge is 0.332 e. The molecule has 0 fully saturated rings. The maximum absolute atomic E-state index is 5.44. The van der Waals surface area contributed by atoms with Gasteiger partial charge in [0.2, 0.25) is 0 Å². The Morgan fingerprint density at radius 3 is 2.54 bits per heavy atom. The smallest absolute Gasteiger partial charge is 0.175 e. The number of anilines is 2. The third-order valence-electron chi connectivity index (χ3n) is 4.12. The molecule has 5 heteroatoms. The van der Waals surface area contributed by atoms with Gasteiger partial charge in [-0.3, -0.25) is 4.68 Å². The molecular formula is C21H24N4S. The Kier molecular flexibility index (Phi) is 6.39. The maximum Gasteiger partial charge on any atom is 0.175 e. The standard InChI is InChI=1S/C21H24N4S/c1-2-3-6-17-9-11-19(12-10-17)23-21(26)24-20-8-4-7-18(15-20)16-25-14-5-13-22-25/h4-5,7-15H,2-3,6,16H2,1H3,(H2,23,24,26). The fourth-order valence-corrected chi connectivity index (χ4v) is 2.99. The van der Waals surface area contributed by atoms with Crippen molar-refractivity contribution in [2.24, 2.45) is 0 Å². The first kappa shape index (κ1) is 18.1. The van der Waals surface area contributed by atoms with Gasteiger partial charge < -0.3 is 10.6 Å². The van der Waals surface area contributed by atoms with Crippen LogP contribution in [0.2, 0.25) is 0 Å². The van der Waals surface area contributed by atoms with E-state index in [2.05, 4.69) is 59.1 Å². The zero-order valence-corrected chi connectivity index (χ0v) is 15.8. The first-order valence-electron chi connectivity index (χ1n) is 8.96. The van der Waals surface area contributed by atoms with Gasteiger partial charge in [-0.1, -0.05) is 37.6 Å². The number of nitrogens with zero attached hydrogens (tertiary/aromatic N) is 2. The summed E-state index contributed by atoms with van der Waals surface area (Å²) in [6, 6.07) is 18.6. The lowest BCUT2D eigenvalue weighted by molar-refractivity contribution is 0.687. The normalized spacial score (nSPS) is 10.5. The minimum Gasteiger partial charge on any atom is -0.332 e. The Morgan fingerprint density at radius 2 is 1.81 bits per heavy atom. The molecule has 0 aliphatic carbocycles. The molecule has 2 N–H and O–H groups in total. The molecule has 1 aromatic heterocycles. The molecule has 0 radical (unpaired) electrons. The molecule has 0 saturated carbocycles. The SMILES string of the molecule is CCCCc1ccc(NC(=S)Nc2cccc(Cn3cccn3)c2)cc1. The lowest BCUT2D eigenvalue weighted by Crippen LogP contribution is -2.19. The van der Waals surface area contributed by atoms with E-state index in [0.29, 0.717) is 5.11 Å². The van der Waals surface area contributed by atoms with Crippen molar-refractivity contribution >= 4 is 28.7 Å². The van der Waals surface area contributed by atoms with Crippen LogP contribution in [0.3, 0.4) is 0 Å². The Morgan fingerprint density at radius 1 is 1.00 bits per heavy atom. The maximum atomic E-state index is 5.44. The van der Waals surface area contributed by atoms with Crippen LogP contribution in [-0.4, -0.2) is 14.9 Å². The highest BCUT2D eigenvalue weighted by Gasteiger charge is 2.02. The van der Waals surface area contributed by atoms with Gasteiger partial charge in [0, 0.05) is 23.8 Å². The molecule has 0 saturated heterocycles. The van der Waals surface area contributed by atoms with Gasteiger partial charge in [-0.15, -0.1) is 0 Å². The van der Waals surface area contributed by atoms with Crippen LogP contribution in [-0.2, 0) is 13.0 Å². The van der Waals surface area contributed by atoms with Crippen LogP contribution >= 0.6 is 12.2 Å². The van der Waals surface area contributed by atoms with Gasteiger partial charge in [-0.25, -0.2) is 0 Å². The summed E-state index contributed by atoms with van der Waals surface area (Å²) in [5.74, 6) is 0. The van der Waals surface area contributed by atoms with Crippen molar-refractivity contribution in [3.05, 3.63) is 78.1 Å². The van der Waals surface area contributed by atoms with Crippen molar-refractivity contribution in [1.29, 1.82) is 0 Å². The molecule has 134 valence electrons. The van der Waals surface area contributed by atoms with E-state index in [1.165, 1.54) is 24.0 Å². The molecule has 0 amide bonds. The van der Waals surface area contributed by atoms with Crippen LogP contribution in [0.5, 0.6) is 0 Å². The van der Waals surface area contributed by atoms with Gasteiger partial charge in [0.15, 0.2) is 5.11 Å². The van der Waals surface area contributed by atoms with Gasteiger partial charge in [0.05, 0.1) is 6.54 Å². The van der Waals surface area contributed by atoms with E-state index in [0.717, 1.165) is 24.3 Å². The number of nitrogens with one attached hydrogen (secondary N) is 2. The van der Waals surface area contributed by atoms with Gasteiger partial charge in [0.1, 0.15) is 0 Å². The molecule has 0 aliphatic rings. The number of unbranched alkanes of at least 4 members (excludes halogenated alkanes) is 1. The zero-order valence-electron chi connectivity index (χ0n) is 15.0. The van der Waals surface area contributed by atoms with Crippen molar-refractivity contribution in [2.45, 2.75) is 32.7 Å². The lowest BCUT2D eigenvalue weighted by Gasteiger charge is -2.12. The summed E-state index contributed by atoms with van der Waals surface area (Å²) in [6.45, 7) is 2.95. The second-order valence-electron chi connectivity index (χ2n) is 6.28. The monoisotopic (exact) mass is 364 g/mol. The van der Waals surface area contributed by atoms with Crippen molar-refractivity contribution in [1.82, 2.24) is 9.78 Å². The van der Waals surface area contributed by atoms with Crippen LogP contribution in [0.15, 0.2) is 67.0 Å². The first-order chi connectivity index (χ1) is 12.7. The Bertz CT molecular complexity index is 825. The minimum atomic E-state index is 0.586. The quantitative estimate of drug-likeness (QED) is 0.574. The van der Waals surface area contributed by atoms with E-state index in [-0.39, 0.29) is 0 Å². The first-order valence-corrected chi connectivity index (χ1v) is 9.37. The van der Waals surface area contributed by atoms with Crippen molar-refractivity contribution in [3.63, 3.8) is 0 Å². The van der Waals surface area contributed by atoms with E-state index < -0.39 is 0 Å². The van der Waals surface area contributed by atoms with Crippen LogP contribution in [0.4, 0.5) is 11.4 Å². The zero-order chi connectivity index (χ0) is 18.2. The third kappa shape index (κ3) is 5.43. The molecule has 0 unspecified atom stereocenters. The van der Waals surface area contributed by atoms with Crippen LogP contribution in [0.1, 0.15) is 30.9 Å². The number of benzene rings is 2. The Balaban J connectivity index is 1.56. The summed E-state index contributed by atoms with van der Waals surface area (Å²) in [5, 5.41) is 11.3. The fourth-order valence-electron chi connectivity index (χ4n) is 2.76. The van der Waals surface area contributed by atoms with E-state index >= 15 is 0 Å². The van der Waals surface area contributed by atoms with Gasteiger partial charge >= 0.3 is 0 Å². The molecule has 26 heavy (non-hydrogen) atoms. The van der Waals surface area contributed by atoms with Crippen LogP contribution < -0.4 is 10.6 Å². The summed E-state index contributed by atoms with van der Waals surface area (Å²) in [5.41, 5.74) is 4.49. The molecule has 3 aromatic rings. The number of rotatable bonds is 7. The number of hydrogen-bond acceptors (Lipinski definition) is 2. The predicted molar refractivity (Wildman–Crippen MR) is 113 cm³/mol. The Hall–Kier alpha value is -2.66. The average molecular weight is 365 g/mol. The lowest BCUT2D eigenvalue weighted by atomic mass is 10.1. The predicted octanol–water partition coefficient (Wildman–Crippen LogP) is 5.08. The van der Waals surface area contributed by atoms with E-state index in [1.54, 1.807) is 6.20 Å². The molecule has 0 aliphatic heterocycles. The summed E-state index contributed by atoms with van der Waals surface area (Å²) >= 11 is 5.44. The van der Waals surface area contributed by atoms with Crippen molar-refractivity contribution < 1.29 is 0 Å². The highest BCUT2D eigenvalue weighted by molar-refractivity contribution is 7.80. The molecule has 2 aromatic carbocycles. The molecule has 0 atom stereocenters. The van der Waals surface area contributed by atoms with Crippen molar-refractivity contribution in [3.8, 4) is 0 Å². The Labute approximate surface area is 160 Å². The molecule has 4 nitrogen and oxygen atoms in total. The van der Waals surface area contributed by atoms with Crippen LogP contribution in [0.25, 0.3) is 0 Å². The van der Waals surface area contributed by atoms with Gasteiger partial charge in [-0.2, -0.15) is 5.10 Å². The van der Waals surface area contributed by atoms with Gasteiger partial charge in [-0.05, 0) is 66.5 Å². The molecule has 0 bridgehead atoms. The molecule has 1 heterocycles. The highest BCUT2D eigenvalue weighted by atomic mass is 32.1. The van der Waals surface area contributed by atoms with E-state index in [9.17, 15) is 0 Å². The van der Waals surface area contributed by atoms with Gasteiger partial charge in [0.25, 0.3) is 0 Å². The summed E-state index contributed by atoms with van der Waals surface area (Å²) in [6.07, 6.45) is 7.31. The van der Waals surface area contributed by atoms with E-state index in [1.807, 2.05) is 29.1 Å².